The minimum Gasteiger partial charge on any atom is -0.471 e. The largest absolute Gasteiger partial charge is 0.471 e. The van der Waals surface area contributed by atoms with Gasteiger partial charge in [0.2, 0.25) is 11.8 Å². The molecule has 1 aromatic carbocycles. The summed E-state index contributed by atoms with van der Waals surface area (Å²) in [4.78, 5) is 14.1. The highest BCUT2D eigenvalue weighted by Gasteiger charge is 2.25. The molecular weight excluding hydrogens is 356 g/mol. The van der Waals surface area contributed by atoms with Crippen molar-refractivity contribution in [3.8, 4) is 5.88 Å². The molecule has 0 radical (unpaired) electrons. The second kappa shape index (κ2) is 8.75. The van der Waals surface area contributed by atoms with Crippen LogP contribution in [0.3, 0.4) is 0 Å². The predicted molar refractivity (Wildman–Crippen MR) is 109 cm³/mol. The Morgan fingerprint density at radius 3 is 2.57 bits per heavy atom. The van der Waals surface area contributed by atoms with E-state index in [0.717, 1.165) is 49.6 Å². The molecular formula is C21H28N4O3. The molecule has 0 bridgehead atoms. The number of para-hydroxylation sites is 1. The summed E-state index contributed by atoms with van der Waals surface area (Å²) in [7, 11) is 2.04. The number of benzene rings is 1. The molecule has 2 fully saturated rings. The average Bonchev–Trinajstić information content (AvgIpc) is 3.27. The Hall–Kier alpha value is -2.38. The van der Waals surface area contributed by atoms with E-state index in [9.17, 15) is 0 Å². The maximum atomic E-state index is 6.29. The van der Waals surface area contributed by atoms with Crippen molar-refractivity contribution in [2.75, 3.05) is 56.4 Å². The minimum absolute atomic E-state index is 0.0487. The molecule has 2 aliphatic heterocycles. The van der Waals surface area contributed by atoms with Crippen LogP contribution in [-0.4, -0.2) is 62.6 Å². The lowest BCUT2D eigenvalue weighted by Crippen LogP contribution is -2.38. The molecule has 0 aliphatic carbocycles. The third-order valence-corrected chi connectivity index (χ3v) is 5.21. The average molecular weight is 384 g/mol. The van der Waals surface area contributed by atoms with Gasteiger partial charge in [-0.2, -0.15) is 9.97 Å². The second-order valence-electron chi connectivity index (χ2n) is 7.08. The monoisotopic (exact) mass is 384 g/mol. The van der Waals surface area contributed by atoms with Gasteiger partial charge in [0, 0.05) is 32.2 Å². The van der Waals surface area contributed by atoms with Crippen molar-refractivity contribution in [3.05, 3.63) is 35.9 Å². The van der Waals surface area contributed by atoms with Crippen LogP contribution >= 0.6 is 0 Å². The lowest BCUT2D eigenvalue weighted by Gasteiger charge is -2.30. The smallest absolute Gasteiger partial charge is 0.230 e. The molecule has 1 unspecified atom stereocenters. The van der Waals surface area contributed by atoms with E-state index in [1.54, 1.807) is 0 Å². The maximum absolute atomic E-state index is 6.29. The number of hydrogen-bond donors (Lipinski definition) is 0. The Labute approximate surface area is 166 Å². The van der Waals surface area contributed by atoms with Crippen molar-refractivity contribution < 1.29 is 14.2 Å². The number of hydrogen-bond acceptors (Lipinski definition) is 7. The molecule has 2 aromatic rings. The van der Waals surface area contributed by atoms with E-state index in [0.29, 0.717) is 31.6 Å². The van der Waals surface area contributed by atoms with Crippen LogP contribution in [0.5, 0.6) is 5.88 Å². The molecule has 0 saturated carbocycles. The molecule has 150 valence electrons. The van der Waals surface area contributed by atoms with Gasteiger partial charge in [-0.05, 0) is 18.6 Å². The van der Waals surface area contributed by atoms with E-state index in [4.69, 9.17) is 24.2 Å². The van der Waals surface area contributed by atoms with Crippen LogP contribution in [0.15, 0.2) is 30.3 Å². The number of anilines is 3. The normalized spacial score (nSPS) is 19.6. The highest BCUT2D eigenvalue weighted by molar-refractivity contribution is 5.65. The zero-order chi connectivity index (χ0) is 19.3. The Balaban J connectivity index is 1.74. The van der Waals surface area contributed by atoms with Gasteiger partial charge in [-0.15, -0.1) is 0 Å². The molecule has 0 amide bonds. The third kappa shape index (κ3) is 4.05. The molecule has 1 aromatic heterocycles. The summed E-state index contributed by atoms with van der Waals surface area (Å²) in [6.07, 6.45) is 1.73. The number of morpholine rings is 1. The molecule has 4 rings (SSSR count). The van der Waals surface area contributed by atoms with Gasteiger partial charge in [0.05, 0.1) is 32.0 Å². The van der Waals surface area contributed by atoms with E-state index in [1.807, 2.05) is 25.2 Å². The highest BCUT2D eigenvalue weighted by Crippen LogP contribution is 2.34. The molecule has 0 spiro atoms. The second-order valence-corrected chi connectivity index (χ2v) is 7.08. The van der Waals surface area contributed by atoms with Crippen molar-refractivity contribution in [3.63, 3.8) is 0 Å². The van der Waals surface area contributed by atoms with Gasteiger partial charge in [0.15, 0.2) is 0 Å². The summed E-state index contributed by atoms with van der Waals surface area (Å²) in [5, 5.41) is 0. The van der Waals surface area contributed by atoms with Crippen molar-refractivity contribution >= 4 is 17.5 Å². The highest BCUT2D eigenvalue weighted by atomic mass is 16.5. The van der Waals surface area contributed by atoms with Crippen molar-refractivity contribution in [2.24, 2.45) is 0 Å². The Morgan fingerprint density at radius 1 is 1.11 bits per heavy atom. The summed E-state index contributed by atoms with van der Waals surface area (Å²) in [6.45, 7) is 6.42. The molecule has 1 atom stereocenters. The van der Waals surface area contributed by atoms with Crippen LogP contribution in [0, 0.1) is 0 Å². The summed E-state index contributed by atoms with van der Waals surface area (Å²) in [5.41, 5.74) is 2.11. The van der Waals surface area contributed by atoms with Gasteiger partial charge in [-0.25, -0.2) is 0 Å². The van der Waals surface area contributed by atoms with Crippen molar-refractivity contribution in [1.29, 1.82) is 0 Å². The molecule has 2 aliphatic rings. The number of rotatable bonds is 6. The Bertz CT molecular complexity index is 775. The summed E-state index contributed by atoms with van der Waals surface area (Å²) in [6, 6.07) is 10.3. The van der Waals surface area contributed by atoms with E-state index in [1.165, 1.54) is 0 Å². The zero-order valence-corrected chi connectivity index (χ0v) is 16.6. The van der Waals surface area contributed by atoms with Crippen LogP contribution in [0.25, 0.3) is 0 Å². The molecule has 0 N–H and O–H groups in total. The number of aromatic nitrogens is 2. The maximum Gasteiger partial charge on any atom is 0.230 e. The lowest BCUT2D eigenvalue weighted by atomic mass is 10.2. The lowest BCUT2D eigenvalue weighted by molar-refractivity contribution is 0.121. The van der Waals surface area contributed by atoms with Crippen LogP contribution in [0.1, 0.15) is 18.9 Å². The molecule has 7 nitrogen and oxygen atoms in total. The quantitative estimate of drug-likeness (QED) is 0.759. The topological polar surface area (TPSA) is 60.0 Å². The predicted octanol–water partition coefficient (Wildman–Crippen LogP) is 2.81. The standard InChI is InChI=1S/C21H28N4O3/c1-3-18-19(24(2)16-7-5-4-6-8-16)22-21(25-10-13-26-14-11-25)23-20(18)28-17-9-12-27-15-17/h4-8,17H,3,9-15H2,1-2H3. The first kappa shape index (κ1) is 19.0. The van der Waals surface area contributed by atoms with Crippen LogP contribution in [-0.2, 0) is 15.9 Å². The van der Waals surface area contributed by atoms with Gasteiger partial charge in [-0.1, -0.05) is 25.1 Å². The number of ether oxygens (including phenoxy) is 3. The van der Waals surface area contributed by atoms with E-state index >= 15 is 0 Å². The van der Waals surface area contributed by atoms with Crippen molar-refractivity contribution in [1.82, 2.24) is 9.97 Å². The first-order chi connectivity index (χ1) is 13.8. The van der Waals surface area contributed by atoms with Gasteiger partial charge < -0.3 is 24.0 Å². The fraction of sp³-hybridized carbons (Fsp3) is 0.524. The SMILES string of the molecule is CCc1c(OC2CCOC2)nc(N2CCOCC2)nc1N(C)c1ccccc1. The van der Waals surface area contributed by atoms with Gasteiger partial charge in [0.25, 0.3) is 0 Å². The van der Waals surface area contributed by atoms with Gasteiger partial charge in [0.1, 0.15) is 11.9 Å². The van der Waals surface area contributed by atoms with Crippen LogP contribution in [0.2, 0.25) is 0 Å². The van der Waals surface area contributed by atoms with Crippen molar-refractivity contribution in [2.45, 2.75) is 25.9 Å². The summed E-state index contributed by atoms with van der Waals surface area (Å²) >= 11 is 0. The van der Waals surface area contributed by atoms with Gasteiger partial charge in [-0.3, -0.25) is 0 Å². The van der Waals surface area contributed by atoms with E-state index in [2.05, 4.69) is 28.9 Å². The summed E-state index contributed by atoms with van der Waals surface area (Å²) in [5.74, 6) is 2.26. The number of nitrogens with zero attached hydrogens (tertiary/aromatic N) is 4. The fourth-order valence-corrected chi connectivity index (χ4v) is 3.57. The molecule has 2 saturated heterocycles. The van der Waals surface area contributed by atoms with Gasteiger partial charge >= 0.3 is 0 Å². The zero-order valence-electron chi connectivity index (χ0n) is 16.6. The molecule has 7 heteroatoms. The van der Waals surface area contributed by atoms with E-state index < -0.39 is 0 Å². The Morgan fingerprint density at radius 2 is 1.89 bits per heavy atom. The van der Waals surface area contributed by atoms with Crippen LogP contribution in [0.4, 0.5) is 17.5 Å². The molecule has 28 heavy (non-hydrogen) atoms. The Kier molecular flexibility index (Phi) is 5.92. The first-order valence-corrected chi connectivity index (χ1v) is 10.0. The molecule has 3 heterocycles. The third-order valence-electron chi connectivity index (χ3n) is 5.21. The first-order valence-electron chi connectivity index (χ1n) is 10.0. The fourth-order valence-electron chi connectivity index (χ4n) is 3.57. The summed E-state index contributed by atoms with van der Waals surface area (Å²) < 4.78 is 17.3. The van der Waals surface area contributed by atoms with E-state index in [-0.39, 0.29) is 6.10 Å². The van der Waals surface area contributed by atoms with Crippen LogP contribution < -0.4 is 14.5 Å². The minimum atomic E-state index is 0.0487.